The van der Waals surface area contributed by atoms with Gasteiger partial charge in [0.1, 0.15) is 0 Å². The van der Waals surface area contributed by atoms with E-state index in [4.69, 9.17) is 7.85 Å². The van der Waals surface area contributed by atoms with Gasteiger partial charge in [-0.25, -0.2) is 0 Å². The van der Waals surface area contributed by atoms with E-state index in [9.17, 15) is 4.79 Å². The van der Waals surface area contributed by atoms with Crippen molar-refractivity contribution in [2.75, 3.05) is 6.44 Å². The highest BCUT2D eigenvalue weighted by Gasteiger charge is 2.24. The third-order valence-corrected chi connectivity index (χ3v) is 1.83. The molecule has 0 bridgehead atoms. The summed E-state index contributed by atoms with van der Waals surface area (Å²) >= 11 is 0. The Balaban J connectivity index is 2.55. The maximum Gasteiger partial charge on any atom is 0.222 e. The largest absolute Gasteiger partial charge is 0.349 e. The van der Waals surface area contributed by atoms with Gasteiger partial charge >= 0.3 is 0 Å². The fourth-order valence-corrected chi connectivity index (χ4v) is 1.16. The summed E-state index contributed by atoms with van der Waals surface area (Å²) in [5.74, 6) is 0.199. The molecule has 1 fully saturated rings. The Labute approximate surface area is 56.6 Å². The van der Waals surface area contributed by atoms with Gasteiger partial charge in [-0.3, -0.25) is 4.79 Å². The maximum atomic E-state index is 10.9. The van der Waals surface area contributed by atoms with Gasteiger partial charge in [0.15, 0.2) is 0 Å². The Morgan fingerprint density at radius 1 is 1.89 bits per heavy atom. The maximum absolute atomic E-state index is 10.9. The molecule has 0 aromatic rings. The predicted octanol–water partition coefficient (Wildman–Crippen LogP) is 0.123. The minimum Gasteiger partial charge on any atom is -0.349 e. The van der Waals surface area contributed by atoms with Crippen LogP contribution in [0.5, 0.6) is 0 Å². The zero-order chi connectivity index (χ0) is 6.85. The molecule has 1 unspecified atom stereocenters. The molecule has 1 atom stereocenters. The van der Waals surface area contributed by atoms with Gasteiger partial charge in [0, 0.05) is 12.5 Å². The Kier molecular flexibility index (Phi) is 1.79. The first kappa shape index (κ1) is 6.65. The van der Waals surface area contributed by atoms with Crippen LogP contribution in [-0.4, -0.2) is 31.1 Å². The Hall–Kier alpha value is -0.465. The number of likely N-dealkylation sites (tertiary alicyclic amines) is 1. The fraction of sp³-hybridized carbons (Fsp3) is 0.833. The highest BCUT2D eigenvalue weighted by molar-refractivity contribution is 6.10. The summed E-state index contributed by atoms with van der Waals surface area (Å²) in [6, 6.07) is 0.363. The van der Waals surface area contributed by atoms with E-state index in [0.29, 0.717) is 18.9 Å². The minimum absolute atomic E-state index is 0.199. The van der Waals surface area contributed by atoms with Crippen molar-refractivity contribution >= 4 is 13.8 Å². The molecule has 1 amide bonds. The molecule has 1 saturated heterocycles. The molecular formula is C6H10BNO. The number of carbonyl (C=O) groups is 1. The lowest BCUT2D eigenvalue weighted by molar-refractivity contribution is -0.127. The van der Waals surface area contributed by atoms with E-state index in [1.54, 1.807) is 4.90 Å². The van der Waals surface area contributed by atoms with Gasteiger partial charge in [-0.2, -0.15) is 0 Å². The highest BCUT2D eigenvalue weighted by Crippen LogP contribution is 2.15. The predicted molar refractivity (Wildman–Crippen MR) is 36.2 cm³/mol. The van der Waals surface area contributed by atoms with Gasteiger partial charge in [-0.05, 0) is 19.8 Å². The lowest BCUT2D eigenvalue weighted by Gasteiger charge is -2.18. The first-order valence-electron chi connectivity index (χ1n) is 3.25. The first-order chi connectivity index (χ1) is 4.25. The van der Waals surface area contributed by atoms with Crippen molar-refractivity contribution in [2.24, 2.45) is 0 Å². The average Bonchev–Trinajstić information content (AvgIpc) is 2.12. The SMILES string of the molecule is [B]CN1C(=O)CCC1C. The van der Waals surface area contributed by atoms with Crippen LogP contribution < -0.4 is 0 Å². The van der Waals surface area contributed by atoms with E-state index in [1.807, 2.05) is 6.92 Å². The van der Waals surface area contributed by atoms with E-state index in [1.165, 1.54) is 0 Å². The second-order valence-corrected chi connectivity index (χ2v) is 2.43. The number of hydrogen-bond donors (Lipinski definition) is 0. The zero-order valence-electron chi connectivity index (χ0n) is 5.63. The van der Waals surface area contributed by atoms with Crippen LogP contribution in [0, 0.1) is 0 Å². The first-order valence-corrected chi connectivity index (χ1v) is 3.25. The summed E-state index contributed by atoms with van der Waals surface area (Å²) in [4.78, 5) is 12.6. The van der Waals surface area contributed by atoms with Crippen LogP contribution in [-0.2, 0) is 4.79 Å². The Bertz CT molecular complexity index is 126. The fourth-order valence-electron chi connectivity index (χ4n) is 1.16. The van der Waals surface area contributed by atoms with Crippen molar-refractivity contribution in [1.82, 2.24) is 4.90 Å². The molecule has 1 aliphatic rings. The highest BCUT2D eigenvalue weighted by atomic mass is 16.2. The van der Waals surface area contributed by atoms with E-state index in [0.717, 1.165) is 6.42 Å². The van der Waals surface area contributed by atoms with Crippen molar-refractivity contribution in [3.05, 3.63) is 0 Å². The molecule has 0 aromatic carbocycles. The monoisotopic (exact) mass is 123 g/mol. The van der Waals surface area contributed by atoms with E-state index < -0.39 is 0 Å². The molecule has 0 aromatic heterocycles. The number of carbonyl (C=O) groups excluding carboxylic acids is 1. The van der Waals surface area contributed by atoms with Crippen molar-refractivity contribution in [1.29, 1.82) is 0 Å². The summed E-state index contributed by atoms with van der Waals surface area (Å²) < 4.78 is 0. The molecule has 0 saturated carbocycles. The minimum atomic E-state index is 0.199. The van der Waals surface area contributed by atoms with Gasteiger partial charge in [0.2, 0.25) is 5.91 Å². The van der Waals surface area contributed by atoms with Crippen LogP contribution in [0.1, 0.15) is 19.8 Å². The van der Waals surface area contributed by atoms with Crippen LogP contribution in [0.4, 0.5) is 0 Å². The molecule has 2 radical (unpaired) electrons. The molecule has 3 heteroatoms. The van der Waals surface area contributed by atoms with E-state index in [2.05, 4.69) is 0 Å². The summed E-state index contributed by atoms with van der Waals surface area (Å²) in [6.45, 7) is 2.03. The Morgan fingerprint density at radius 3 is 2.78 bits per heavy atom. The second kappa shape index (κ2) is 2.42. The number of hydrogen-bond acceptors (Lipinski definition) is 1. The van der Waals surface area contributed by atoms with Crippen molar-refractivity contribution < 1.29 is 4.79 Å². The molecule has 1 aliphatic heterocycles. The van der Waals surface area contributed by atoms with Gasteiger partial charge in [0.05, 0.1) is 7.85 Å². The summed E-state index contributed by atoms with van der Waals surface area (Å²) in [6.07, 6.45) is 2.02. The van der Waals surface area contributed by atoms with Crippen LogP contribution in [0.25, 0.3) is 0 Å². The number of nitrogens with zero attached hydrogens (tertiary/aromatic N) is 1. The molecule has 48 valence electrons. The van der Waals surface area contributed by atoms with Crippen molar-refractivity contribution in [2.45, 2.75) is 25.8 Å². The number of rotatable bonds is 1. The Morgan fingerprint density at radius 2 is 2.56 bits per heavy atom. The van der Waals surface area contributed by atoms with E-state index >= 15 is 0 Å². The third kappa shape index (κ3) is 1.09. The average molecular weight is 123 g/mol. The standard InChI is InChI=1S/C6H10BNO/c1-5-2-3-6(9)8(5)4-7/h5H,2-4H2,1H3. The molecule has 9 heavy (non-hydrogen) atoms. The molecule has 1 rings (SSSR count). The van der Waals surface area contributed by atoms with Crippen LogP contribution >= 0.6 is 0 Å². The molecule has 1 heterocycles. The van der Waals surface area contributed by atoms with Gasteiger partial charge in [0.25, 0.3) is 0 Å². The third-order valence-electron chi connectivity index (χ3n) is 1.83. The van der Waals surface area contributed by atoms with Gasteiger partial charge in [-0.1, -0.05) is 0 Å². The quantitative estimate of drug-likeness (QED) is 0.453. The smallest absolute Gasteiger partial charge is 0.222 e. The van der Waals surface area contributed by atoms with Crippen LogP contribution in [0.15, 0.2) is 0 Å². The lowest BCUT2D eigenvalue weighted by atomic mass is 10.1. The molecule has 2 nitrogen and oxygen atoms in total. The van der Waals surface area contributed by atoms with Crippen molar-refractivity contribution in [3.63, 3.8) is 0 Å². The number of amides is 1. The van der Waals surface area contributed by atoms with Crippen molar-refractivity contribution in [3.8, 4) is 0 Å². The van der Waals surface area contributed by atoms with Crippen LogP contribution in [0.3, 0.4) is 0 Å². The summed E-state index contributed by atoms with van der Waals surface area (Å²) in [7, 11) is 5.32. The second-order valence-electron chi connectivity index (χ2n) is 2.43. The molecule has 0 aliphatic carbocycles. The van der Waals surface area contributed by atoms with E-state index in [-0.39, 0.29) is 5.91 Å². The topological polar surface area (TPSA) is 20.3 Å². The summed E-state index contributed by atoms with van der Waals surface area (Å²) in [5, 5.41) is 0. The van der Waals surface area contributed by atoms with Crippen LogP contribution in [0.2, 0.25) is 0 Å². The van der Waals surface area contributed by atoms with Gasteiger partial charge in [-0.15, -0.1) is 0 Å². The molecule has 0 spiro atoms. The molecule has 0 N–H and O–H groups in total. The lowest BCUT2D eigenvalue weighted by Crippen LogP contribution is -2.31. The van der Waals surface area contributed by atoms with Gasteiger partial charge < -0.3 is 4.90 Å². The normalized spacial score (nSPS) is 27.4. The molecular weight excluding hydrogens is 113 g/mol. The zero-order valence-corrected chi connectivity index (χ0v) is 5.63. The summed E-state index contributed by atoms with van der Waals surface area (Å²) in [5.41, 5.74) is 0.